The van der Waals surface area contributed by atoms with Crippen LogP contribution in [0.25, 0.3) is 10.8 Å². The first-order valence-electron chi connectivity index (χ1n) is 6.27. The number of hydrogen-bond acceptors (Lipinski definition) is 4. The molecule has 0 fully saturated rings. The zero-order valence-electron chi connectivity index (χ0n) is 11.7. The van der Waals surface area contributed by atoms with Gasteiger partial charge in [0.2, 0.25) is 0 Å². The molecule has 0 aliphatic carbocycles. The highest BCUT2D eigenvalue weighted by Gasteiger charge is 2.40. The summed E-state index contributed by atoms with van der Waals surface area (Å²) in [5.41, 5.74) is -1.89. The van der Waals surface area contributed by atoms with Crippen LogP contribution in [-0.4, -0.2) is 28.5 Å². The van der Waals surface area contributed by atoms with Crippen LogP contribution in [0.3, 0.4) is 0 Å². The third-order valence-electron chi connectivity index (χ3n) is 3.64. The number of fused-ring (bicyclic) bond motifs is 1. The van der Waals surface area contributed by atoms with Crippen LogP contribution in [0, 0.1) is 0 Å². The van der Waals surface area contributed by atoms with Crippen molar-refractivity contribution in [3.05, 3.63) is 29.6 Å². The van der Waals surface area contributed by atoms with Gasteiger partial charge in [-0.15, -0.1) is 0 Å². The molecular formula is C14H19BO3S. The third-order valence-corrected chi connectivity index (χ3v) is 4.69. The molecule has 2 rings (SSSR count). The normalized spacial score (nSPS) is 12.9. The Morgan fingerprint density at radius 1 is 1.16 bits per heavy atom. The van der Waals surface area contributed by atoms with Crippen LogP contribution in [0.2, 0.25) is 0 Å². The SMILES string of the molecule is CC(C)(O)C(C)(C)OB(O)c1scc2ccccc12. The van der Waals surface area contributed by atoms with Gasteiger partial charge in [-0.2, -0.15) is 11.3 Å². The molecule has 2 N–H and O–H groups in total. The molecule has 0 aliphatic heterocycles. The maximum Gasteiger partial charge on any atom is 0.502 e. The van der Waals surface area contributed by atoms with Gasteiger partial charge in [-0.05, 0) is 43.8 Å². The summed E-state index contributed by atoms with van der Waals surface area (Å²) >= 11 is 1.47. The first-order chi connectivity index (χ1) is 8.72. The van der Waals surface area contributed by atoms with Crippen molar-refractivity contribution in [3.8, 4) is 0 Å². The van der Waals surface area contributed by atoms with Gasteiger partial charge in [-0.1, -0.05) is 24.3 Å². The first kappa shape index (κ1) is 14.5. The predicted octanol–water partition coefficient (Wildman–Crippen LogP) is 2.15. The molecule has 19 heavy (non-hydrogen) atoms. The molecule has 0 radical (unpaired) electrons. The van der Waals surface area contributed by atoms with E-state index in [0.717, 1.165) is 15.5 Å². The predicted molar refractivity (Wildman–Crippen MR) is 80.9 cm³/mol. The zero-order valence-corrected chi connectivity index (χ0v) is 12.5. The van der Waals surface area contributed by atoms with Gasteiger partial charge in [-0.25, -0.2) is 0 Å². The average molecular weight is 278 g/mol. The lowest BCUT2D eigenvalue weighted by Gasteiger charge is -2.38. The van der Waals surface area contributed by atoms with E-state index >= 15 is 0 Å². The fourth-order valence-electron chi connectivity index (χ4n) is 1.68. The molecule has 0 amide bonds. The van der Waals surface area contributed by atoms with E-state index in [1.807, 2.05) is 29.6 Å². The van der Waals surface area contributed by atoms with Crippen LogP contribution in [-0.2, 0) is 4.65 Å². The van der Waals surface area contributed by atoms with Crippen molar-refractivity contribution in [1.29, 1.82) is 0 Å². The van der Waals surface area contributed by atoms with E-state index in [1.54, 1.807) is 27.7 Å². The van der Waals surface area contributed by atoms with E-state index in [9.17, 15) is 10.1 Å². The summed E-state index contributed by atoms with van der Waals surface area (Å²) in [7, 11) is -1.04. The maximum atomic E-state index is 10.3. The van der Waals surface area contributed by atoms with Crippen LogP contribution < -0.4 is 4.78 Å². The van der Waals surface area contributed by atoms with Crippen LogP contribution in [0.15, 0.2) is 29.6 Å². The molecule has 3 nitrogen and oxygen atoms in total. The lowest BCUT2D eigenvalue weighted by molar-refractivity contribution is -0.0981. The highest BCUT2D eigenvalue weighted by atomic mass is 32.1. The summed E-state index contributed by atoms with van der Waals surface area (Å²) in [5, 5.41) is 24.4. The van der Waals surface area contributed by atoms with E-state index in [1.165, 1.54) is 11.3 Å². The van der Waals surface area contributed by atoms with E-state index in [2.05, 4.69) is 0 Å². The Morgan fingerprint density at radius 3 is 2.42 bits per heavy atom. The van der Waals surface area contributed by atoms with Crippen LogP contribution in [0.4, 0.5) is 0 Å². The molecule has 0 spiro atoms. The monoisotopic (exact) mass is 278 g/mol. The minimum Gasteiger partial charge on any atom is -0.423 e. The lowest BCUT2D eigenvalue weighted by Crippen LogP contribution is -2.52. The number of rotatable bonds is 4. The highest BCUT2D eigenvalue weighted by Crippen LogP contribution is 2.26. The van der Waals surface area contributed by atoms with Gasteiger partial charge in [0.05, 0.1) is 11.2 Å². The second-order valence-electron chi connectivity index (χ2n) is 5.73. The molecule has 1 aromatic heterocycles. The van der Waals surface area contributed by atoms with Gasteiger partial charge in [-0.3, -0.25) is 0 Å². The molecule has 0 unspecified atom stereocenters. The fourth-order valence-corrected chi connectivity index (χ4v) is 2.62. The van der Waals surface area contributed by atoms with E-state index in [0.29, 0.717) is 0 Å². The Kier molecular flexibility index (Phi) is 3.75. The lowest BCUT2D eigenvalue weighted by atomic mass is 9.80. The molecule has 0 aliphatic rings. The zero-order chi connectivity index (χ0) is 14.3. The topological polar surface area (TPSA) is 49.7 Å². The molecule has 0 bridgehead atoms. The number of hydrogen-bond donors (Lipinski definition) is 2. The van der Waals surface area contributed by atoms with E-state index in [-0.39, 0.29) is 0 Å². The van der Waals surface area contributed by atoms with Gasteiger partial charge in [0, 0.05) is 4.78 Å². The van der Waals surface area contributed by atoms with Crippen molar-refractivity contribution in [2.75, 3.05) is 0 Å². The van der Waals surface area contributed by atoms with Gasteiger partial charge in [0.15, 0.2) is 0 Å². The molecule has 2 aromatic rings. The maximum absolute atomic E-state index is 10.3. The summed E-state index contributed by atoms with van der Waals surface area (Å²) < 4.78 is 6.44. The molecule has 1 aromatic carbocycles. The molecule has 5 heteroatoms. The van der Waals surface area contributed by atoms with E-state index in [4.69, 9.17) is 4.65 Å². The van der Waals surface area contributed by atoms with Gasteiger partial charge in [0.25, 0.3) is 0 Å². The van der Waals surface area contributed by atoms with Crippen molar-refractivity contribution in [2.45, 2.75) is 38.9 Å². The number of thiophene rings is 1. The quantitative estimate of drug-likeness (QED) is 0.843. The number of benzene rings is 1. The minimum atomic E-state index is -1.04. The summed E-state index contributed by atoms with van der Waals surface area (Å²) in [6.07, 6.45) is 0. The summed E-state index contributed by atoms with van der Waals surface area (Å²) in [6, 6.07) is 7.87. The van der Waals surface area contributed by atoms with Crippen LogP contribution in [0.5, 0.6) is 0 Å². The standard InChI is InChI=1S/C14H19BO3S/c1-13(2,16)14(3,4)18-15(17)12-11-8-6-5-7-10(11)9-19-12/h5-9,16-17H,1-4H3. The fraction of sp³-hybridized carbons (Fsp3) is 0.429. The second kappa shape index (κ2) is 4.91. The molecule has 0 saturated carbocycles. The molecule has 102 valence electrons. The first-order valence-corrected chi connectivity index (χ1v) is 7.15. The Hall–Kier alpha value is -0.875. The summed E-state index contributed by atoms with van der Waals surface area (Å²) in [5.74, 6) is 0. The molecular weight excluding hydrogens is 259 g/mol. The van der Waals surface area contributed by atoms with Crippen molar-refractivity contribution in [1.82, 2.24) is 0 Å². The van der Waals surface area contributed by atoms with Crippen molar-refractivity contribution in [2.24, 2.45) is 0 Å². The third kappa shape index (κ3) is 2.84. The Bertz CT molecular complexity index is 571. The van der Waals surface area contributed by atoms with Crippen LogP contribution in [0.1, 0.15) is 27.7 Å². The Morgan fingerprint density at radius 2 is 1.79 bits per heavy atom. The van der Waals surface area contributed by atoms with Gasteiger partial charge < -0.3 is 14.8 Å². The largest absolute Gasteiger partial charge is 0.502 e. The molecule has 1 heterocycles. The van der Waals surface area contributed by atoms with Crippen molar-refractivity contribution < 1.29 is 14.8 Å². The smallest absolute Gasteiger partial charge is 0.423 e. The average Bonchev–Trinajstić information content (AvgIpc) is 2.70. The number of aliphatic hydroxyl groups is 1. The Labute approximate surface area is 118 Å². The van der Waals surface area contributed by atoms with E-state index < -0.39 is 18.3 Å². The minimum absolute atomic E-state index is 0.771. The second-order valence-corrected chi connectivity index (χ2v) is 6.64. The van der Waals surface area contributed by atoms with Gasteiger partial charge in [0.1, 0.15) is 0 Å². The highest BCUT2D eigenvalue weighted by molar-refractivity contribution is 7.22. The van der Waals surface area contributed by atoms with Crippen molar-refractivity contribution in [3.63, 3.8) is 0 Å². The van der Waals surface area contributed by atoms with Gasteiger partial charge >= 0.3 is 7.12 Å². The van der Waals surface area contributed by atoms with Crippen LogP contribution >= 0.6 is 11.3 Å². The summed E-state index contributed by atoms with van der Waals surface area (Å²) in [4.78, 5) is 0. The Balaban J connectivity index is 2.28. The molecule has 0 saturated heterocycles. The van der Waals surface area contributed by atoms with Crippen molar-refractivity contribution >= 4 is 34.0 Å². The molecule has 0 atom stereocenters. The summed E-state index contributed by atoms with van der Waals surface area (Å²) in [6.45, 7) is 6.89.